The number of hydrogen-bond acceptors (Lipinski definition) is 6. The standard InChI is InChI=1S/C22H29N5O4/c1-13-12-27(14(13)2)22(29)31-17-6-5-16(9-17)18-10-19(26-25-18)24-20(28)8-15-4-7-21(30-3)23-11-15/h4,7,10-11,13-14,16-17H,5-6,8-9,12H2,1-3H3,(H2,24,25,26,28)/t13-,14-,16+,17-/m0/s1. The van der Waals surface area contributed by atoms with Gasteiger partial charge in [0.05, 0.1) is 13.5 Å². The minimum atomic E-state index is -0.207. The van der Waals surface area contributed by atoms with Gasteiger partial charge in [-0.15, -0.1) is 0 Å². The van der Waals surface area contributed by atoms with Crippen LogP contribution in [0.15, 0.2) is 24.4 Å². The molecule has 2 aliphatic rings. The number of nitrogens with one attached hydrogen (secondary N) is 2. The summed E-state index contributed by atoms with van der Waals surface area (Å²) in [6, 6.07) is 5.64. The smallest absolute Gasteiger partial charge is 0.410 e. The first kappa shape index (κ1) is 21.1. The third kappa shape index (κ3) is 4.81. The van der Waals surface area contributed by atoms with Gasteiger partial charge in [-0.1, -0.05) is 13.0 Å². The molecule has 1 aliphatic heterocycles. The second-order valence-electron chi connectivity index (χ2n) is 8.53. The molecule has 2 amide bonds. The van der Waals surface area contributed by atoms with Crippen LogP contribution in [0.1, 0.15) is 50.3 Å². The van der Waals surface area contributed by atoms with Crippen LogP contribution in [-0.2, 0) is 16.0 Å². The molecule has 9 heteroatoms. The highest BCUT2D eigenvalue weighted by molar-refractivity contribution is 5.91. The van der Waals surface area contributed by atoms with Gasteiger partial charge in [-0.25, -0.2) is 9.78 Å². The van der Waals surface area contributed by atoms with Crippen molar-refractivity contribution in [2.75, 3.05) is 19.0 Å². The lowest BCUT2D eigenvalue weighted by atomic mass is 9.93. The lowest BCUT2D eigenvalue weighted by molar-refractivity contribution is -0.115. The molecule has 0 bridgehead atoms. The number of rotatable bonds is 6. The molecule has 1 saturated carbocycles. The van der Waals surface area contributed by atoms with Crippen LogP contribution in [0.5, 0.6) is 5.88 Å². The highest BCUT2D eigenvalue weighted by atomic mass is 16.6. The van der Waals surface area contributed by atoms with Crippen LogP contribution in [0.4, 0.5) is 10.6 Å². The van der Waals surface area contributed by atoms with Crippen LogP contribution in [0.2, 0.25) is 0 Å². The first-order valence-corrected chi connectivity index (χ1v) is 10.7. The Morgan fingerprint density at radius 1 is 1.29 bits per heavy atom. The molecule has 166 valence electrons. The van der Waals surface area contributed by atoms with Crippen LogP contribution in [0.3, 0.4) is 0 Å². The molecule has 2 fully saturated rings. The van der Waals surface area contributed by atoms with E-state index in [1.807, 2.05) is 12.1 Å². The van der Waals surface area contributed by atoms with Crippen LogP contribution in [0.25, 0.3) is 0 Å². The molecule has 2 aromatic rings. The molecule has 1 saturated heterocycles. The minimum Gasteiger partial charge on any atom is -0.481 e. The van der Waals surface area contributed by atoms with Crippen molar-refractivity contribution < 1.29 is 19.1 Å². The Bertz CT molecular complexity index is 928. The lowest BCUT2D eigenvalue weighted by Crippen LogP contribution is -2.56. The monoisotopic (exact) mass is 427 g/mol. The van der Waals surface area contributed by atoms with Crippen LogP contribution in [0, 0.1) is 5.92 Å². The van der Waals surface area contributed by atoms with E-state index < -0.39 is 0 Å². The number of H-pyrrole nitrogens is 1. The van der Waals surface area contributed by atoms with Crippen molar-refractivity contribution in [3.05, 3.63) is 35.7 Å². The Labute approximate surface area is 181 Å². The molecule has 2 N–H and O–H groups in total. The topological polar surface area (TPSA) is 109 Å². The van der Waals surface area contributed by atoms with Crippen molar-refractivity contribution in [2.45, 2.75) is 57.6 Å². The SMILES string of the molecule is COc1ccc(CC(=O)Nc2cc([C@@H]3CC[C@H](OC(=O)N4C[C@H](C)[C@@H]4C)C3)[nH]n2)cn1. The maximum absolute atomic E-state index is 12.3. The van der Waals surface area contributed by atoms with E-state index in [1.165, 1.54) is 0 Å². The van der Waals surface area contributed by atoms with Crippen molar-refractivity contribution in [3.8, 4) is 5.88 Å². The number of pyridine rings is 1. The zero-order valence-electron chi connectivity index (χ0n) is 18.1. The molecule has 3 heterocycles. The number of ether oxygens (including phenoxy) is 2. The van der Waals surface area contributed by atoms with E-state index in [4.69, 9.17) is 9.47 Å². The average molecular weight is 428 g/mol. The largest absolute Gasteiger partial charge is 0.481 e. The summed E-state index contributed by atoms with van der Waals surface area (Å²) >= 11 is 0. The Kier molecular flexibility index (Phi) is 6.11. The third-order valence-corrected chi connectivity index (χ3v) is 6.36. The Hall–Kier alpha value is -3.10. The molecular weight excluding hydrogens is 398 g/mol. The summed E-state index contributed by atoms with van der Waals surface area (Å²) in [6.07, 6.45) is 4.04. The average Bonchev–Trinajstić information content (AvgIpc) is 3.41. The second-order valence-corrected chi connectivity index (χ2v) is 8.53. The Morgan fingerprint density at radius 3 is 2.81 bits per heavy atom. The third-order valence-electron chi connectivity index (χ3n) is 6.36. The first-order valence-electron chi connectivity index (χ1n) is 10.7. The van der Waals surface area contributed by atoms with Crippen molar-refractivity contribution >= 4 is 17.8 Å². The van der Waals surface area contributed by atoms with E-state index in [0.29, 0.717) is 17.6 Å². The number of aromatic amines is 1. The Morgan fingerprint density at radius 2 is 2.13 bits per heavy atom. The number of carbonyl (C=O) groups excluding carboxylic acids is 2. The molecule has 0 radical (unpaired) electrons. The Balaban J connectivity index is 1.25. The highest BCUT2D eigenvalue weighted by Crippen LogP contribution is 2.36. The van der Waals surface area contributed by atoms with E-state index in [1.54, 1.807) is 24.3 Å². The molecule has 1 aliphatic carbocycles. The van der Waals surface area contributed by atoms with Gasteiger partial charge in [0.25, 0.3) is 0 Å². The molecule has 0 spiro atoms. The number of methoxy groups -OCH3 is 1. The first-order chi connectivity index (χ1) is 14.9. The molecule has 2 aromatic heterocycles. The molecular formula is C22H29N5O4. The van der Waals surface area contributed by atoms with Gasteiger partial charge in [-0.05, 0) is 37.7 Å². The van der Waals surface area contributed by atoms with Crippen molar-refractivity contribution in [3.63, 3.8) is 0 Å². The van der Waals surface area contributed by atoms with Crippen LogP contribution < -0.4 is 10.1 Å². The zero-order valence-corrected chi connectivity index (χ0v) is 18.1. The fourth-order valence-electron chi connectivity index (χ4n) is 4.20. The van der Waals surface area contributed by atoms with Gasteiger partial charge in [0, 0.05) is 42.5 Å². The van der Waals surface area contributed by atoms with E-state index in [0.717, 1.165) is 37.1 Å². The molecule has 0 aromatic carbocycles. The van der Waals surface area contributed by atoms with Gasteiger partial charge in [0.1, 0.15) is 6.10 Å². The summed E-state index contributed by atoms with van der Waals surface area (Å²) < 4.78 is 10.7. The molecule has 31 heavy (non-hydrogen) atoms. The highest BCUT2D eigenvalue weighted by Gasteiger charge is 2.38. The molecule has 4 atom stereocenters. The number of aromatic nitrogens is 3. The summed E-state index contributed by atoms with van der Waals surface area (Å²) in [5.41, 5.74) is 1.74. The zero-order chi connectivity index (χ0) is 22.0. The quantitative estimate of drug-likeness (QED) is 0.733. The predicted octanol–water partition coefficient (Wildman–Crippen LogP) is 3.11. The van der Waals surface area contributed by atoms with Gasteiger partial charge in [0.15, 0.2) is 5.82 Å². The van der Waals surface area contributed by atoms with Crippen molar-refractivity contribution in [1.29, 1.82) is 0 Å². The van der Waals surface area contributed by atoms with Gasteiger partial charge in [-0.3, -0.25) is 9.89 Å². The second kappa shape index (κ2) is 8.95. The van der Waals surface area contributed by atoms with E-state index in [2.05, 4.69) is 34.3 Å². The van der Waals surface area contributed by atoms with Gasteiger partial charge >= 0.3 is 6.09 Å². The summed E-state index contributed by atoms with van der Waals surface area (Å²) in [5.74, 6) is 1.60. The number of anilines is 1. The number of hydrogen-bond donors (Lipinski definition) is 2. The molecule has 9 nitrogen and oxygen atoms in total. The van der Waals surface area contributed by atoms with Crippen LogP contribution in [-0.4, -0.2) is 57.9 Å². The normalized spacial score (nSPS) is 25.1. The maximum atomic E-state index is 12.3. The van der Waals surface area contributed by atoms with Crippen LogP contribution >= 0.6 is 0 Å². The predicted molar refractivity (Wildman–Crippen MR) is 114 cm³/mol. The molecule has 0 unspecified atom stereocenters. The number of nitrogens with zero attached hydrogens (tertiary/aromatic N) is 3. The minimum absolute atomic E-state index is 0.0791. The van der Waals surface area contributed by atoms with Gasteiger partial charge in [0.2, 0.25) is 11.8 Å². The lowest BCUT2D eigenvalue weighted by Gasteiger charge is -2.44. The fraction of sp³-hybridized carbons (Fsp3) is 0.545. The summed E-state index contributed by atoms with van der Waals surface area (Å²) in [6.45, 7) is 4.97. The van der Waals surface area contributed by atoms with E-state index >= 15 is 0 Å². The number of carbonyl (C=O) groups is 2. The molecule has 4 rings (SSSR count). The summed E-state index contributed by atoms with van der Waals surface area (Å²) in [7, 11) is 1.55. The fourth-order valence-corrected chi connectivity index (χ4v) is 4.20. The van der Waals surface area contributed by atoms with E-state index in [-0.39, 0.29) is 36.5 Å². The van der Waals surface area contributed by atoms with E-state index in [9.17, 15) is 9.59 Å². The van der Waals surface area contributed by atoms with Gasteiger partial charge in [-0.2, -0.15) is 5.10 Å². The maximum Gasteiger partial charge on any atom is 0.410 e. The van der Waals surface area contributed by atoms with Gasteiger partial charge < -0.3 is 19.7 Å². The van der Waals surface area contributed by atoms with Crippen molar-refractivity contribution in [1.82, 2.24) is 20.1 Å². The number of amides is 2. The number of likely N-dealkylation sites (tertiary alicyclic amines) is 1. The summed E-state index contributed by atoms with van der Waals surface area (Å²) in [4.78, 5) is 30.5. The van der Waals surface area contributed by atoms with Crippen molar-refractivity contribution in [2.24, 2.45) is 5.92 Å². The summed E-state index contributed by atoms with van der Waals surface area (Å²) in [5, 5.41) is 10.0.